The molecule has 0 fully saturated rings. The van der Waals surface area contributed by atoms with Crippen LogP contribution in [-0.4, -0.2) is 11.8 Å². The van der Waals surface area contributed by atoms with Crippen molar-refractivity contribution in [3.63, 3.8) is 0 Å². The van der Waals surface area contributed by atoms with Gasteiger partial charge in [-0.3, -0.25) is 0 Å². The van der Waals surface area contributed by atoms with E-state index in [4.69, 9.17) is 4.74 Å². The lowest BCUT2D eigenvalue weighted by molar-refractivity contribution is -0.0216. The van der Waals surface area contributed by atoms with Gasteiger partial charge >= 0.3 is 0 Å². The first-order valence-corrected chi connectivity index (χ1v) is 6.62. The van der Waals surface area contributed by atoms with Crippen molar-refractivity contribution in [3.8, 4) is 5.75 Å². The Morgan fingerprint density at radius 2 is 1.63 bits per heavy atom. The average molecular weight is 298 g/mol. The summed E-state index contributed by atoms with van der Waals surface area (Å²) < 4.78 is 57.3. The molecule has 0 bridgehead atoms. The van der Waals surface area contributed by atoms with Gasteiger partial charge < -0.3 is 4.74 Å². The van der Waals surface area contributed by atoms with Crippen LogP contribution in [0.25, 0.3) is 0 Å². The molecule has 0 N–H and O–H groups in total. The molecule has 1 aromatic carbocycles. The number of hydrogen-bond acceptors (Lipinski definition) is 1. The Balaban J connectivity index is 0.00000154. The van der Waals surface area contributed by atoms with E-state index in [1.165, 1.54) is 23.1 Å². The number of benzene rings is 1. The Morgan fingerprint density at radius 1 is 1.21 bits per heavy atom. The van der Waals surface area contributed by atoms with Crippen LogP contribution in [-0.2, 0) is 0 Å². The van der Waals surface area contributed by atoms with Crippen LogP contribution in [0.5, 0.6) is 5.75 Å². The summed E-state index contributed by atoms with van der Waals surface area (Å²) in [6.45, 7) is 6.76. The minimum atomic E-state index is -3.15. The maximum Gasteiger partial charge on any atom is 0.294 e. The molecule has 0 aromatic heterocycles. The second-order valence-corrected chi connectivity index (χ2v) is 4.47. The summed E-state index contributed by atoms with van der Waals surface area (Å²) in [6, 6.07) is 1.80. The molecule has 0 heterocycles. The zero-order chi connectivity index (χ0) is 15.2. The molecule has 0 amide bonds. The smallest absolute Gasteiger partial charge is 0.294 e. The molecule has 0 spiro atoms. The van der Waals surface area contributed by atoms with Gasteiger partial charge in [-0.15, -0.1) is 0 Å². The van der Waals surface area contributed by atoms with Crippen LogP contribution < -0.4 is 4.74 Å². The van der Waals surface area contributed by atoms with Gasteiger partial charge in [0.25, 0.3) is 5.66 Å². The van der Waals surface area contributed by atoms with Crippen molar-refractivity contribution in [1.29, 1.82) is 0 Å². The molecule has 0 aliphatic carbocycles. The van der Waals surface area contributed by atoms with E-state index in [-0.39, 0.29) is 17.7 Å². The van der Waals surface area contributed by atoms with Crippen molar-refractivity contribution in [2.24, 2.45) is 0 Å². The van der Waals surface area contributed by atoms with Gasteiger partial charge in [-0.1, -0.05) is 30.0 Å². The van der Waals surface area contributed by atoms with E-state index < -0.39 is 23.4 Å². The van der Waals surface area contributed by atoms with Crippen molar-refractivity contribution >= 4 is 9.24 Å². The molecule has 0 aliphatic rings. The highest BCUT2D eigenvalue weighted by molar-refractivity contribution is 7.18. The lowest BCUT2D eigenvalue weighted by atomic mass is 10.2. The minimum Gasteiger partial charge on any atom is -0.484 e. The van der Waals surface area contributed by atoms with Crippen LogP contribution in [0.4, 0.5) is 17.6 Å². The Labute approximate surface area is 113 Å². The number of hydrogen-bond donors (Lipinski definition) is 0. The molecule has 0 aliphatic heterocycles. The van der Waals surface area contributed by atoms with Crippen LogP contribution in [0.15, 0.2) is 12.1 Å². The van der Waals surface area contributed by atoms with Gasteiger partial charge in [0.15, 0.2) is 6.10 Å². The molecule has 1 rings (SSSR count). The normalized spacial score (nSPS) is 12.5. The Bertz CT molecular complexity index is 381. The number of rotatable bonds is 4. The maximum absolute atomic E-state index is 13.2. The van der Waals surface area contributed by atoms with Crippen LogP contribution in [0.3, 0.4) is 0 Å². The molecule has 0 saturated heterocycles. The largest absolute Gasteiger partial charge is 0.484 e. The summed E-state index contributed by atoms with van der Waals surface area (Å²) in [6.07, 6.45) is -1.41. The van der Waals surface area contributed by atoms with Crippen LogP contribution in [0.1, 0.15) is 32.8 Å². The monoisotopic (exact) mass is 298 g/mol. The fourth-order valence-electron chi connectivity index (χ4n) is 1.29. The fraction of sp³-hybridized carbons (Fsp3) is 0.538. The SMILES string of the molecule is CC.CCC(Oc1cc(F)c(C)c(F)c1)C(F)(F)P. The fourth-order valence-corrected chi connectivity index (χ4v) is 1.59. The summed E-state index contributed by atoms with van der Waals surface area (Å²) in [5.74, 6) is -1.87. The van der Waals surface area contributed by atoms with Gasteiger partial charge in [0.05, 0.1) is 0 Å². The van der Waals surface area contributed by atoms with Crippen LogP contribution >= 0.6 is 9.24 Å². The molecule has 1 aromatic rings. The third-order valence-corrected chi connectivity index (χ3v) is 2.70. The van der Waals surface area contributed by atoms with Gasteiger partial charge in [0.2, 0.25) is 0 Å². The lowest BCUT2D eigenvalue weighted by Gasteiger charge is -2.23. The van der Waals surface area contributed by atoms with E-state index in [0.29, 0.717) is 0 Å². The molecule has 110 valence electrons. The van der Waals surface area contributed by atoms with Crippen molar-refractivity contribution in [2.75, 3.05) is 0 Å². The predicted molar refractivity (Wildman–Crippen MR) is 71.8 cm³/mol. The zero-order valence-corrected chi connectivity index (χ0v) is 12.6. The maximum atomic E-state index is 13.2. The minimum absolute atomic E-state index is 0.0214. The summed E-state index contributed by atoms with van der Waals surface area (Å²) in [5.41, 5.74) is -3.31. The summed E-state index contributed by atoms with van der Waals surface area (Å²) in [7, 11) is 1.36. The highest BCUT2D eigenvalue weighted by Gasteiger charge is 2.35. The lowest BCUT2D eigenvalue weighted by Crippen LogP contribution is -2.32. The standard InChI is InChI=1S/C11H13F4OP.C2H6/c1-3-10(11(14,15)17)16-7-4-8(12)6(2)9(13)5-7;1-2/h4-5,10H,3,17H2,1-2H3;1-2H3. The summed E-state index contributed by atoms with van der Waals surface area (Å²) in [5, 5.41) is 0. The third kappa shape index (κ3) is 5.35. The topological polar surface area (TPSA) is 9.23 Å². The molecular formula is C13H19F4OP. The zero-order valence-electron chi connectivity index (χ0n) is 11.4. The first-order chi connectivity index (χ1) is 8.75. The quantitative estimate of drug-likeness (QED) is 0.566. The Morgan fingerprint density at radius 3 is 1.95 bits per heavy atom. The van der Waals surface area contributed by atoms with Gasteiger partial charge in [0, 0.05) is 17.7 Å². The molecule has 6 heteroatoms. The van der Waals surface area contributed by atoms with Crippen molar-refractivity contribution in [3.05, 3.63) is 29.3 Å². The van der Waals surface area contributed by atoms with E-state index in [1.807, 2.05) is 13.8 Å². The average Bonchev–Trinajstić information content (AvgIpc) is 2.34. The molecule has 19 heavy (non-hydrogen) atoms. The van der Waals surface area contributed by atoms with Crippen molar-refractivity contribution < 1.29 is 22.3 Å². The van der Waals surface area contributed by atoms with Gasteiger partial charge in [-0.05, 0) is 13.3 Å². The van der Waals surface area contributed by atoms with Crippen molar-refractivity contribution in [2.45, 2.75) is 45.9 Å². The van der Waals surface area contributed by atoms with E-state index in [9.17, 15) is 17.6 Å². The van der Waals surface area contributed by atoms with Gasteiger partial charge in [-0.25, -0.2) is 8.78 Å². The summed E-state index contributed by atoms with van der Waals surface area (Å²) >= 11 is 0. The molecule has 0 saturated carbocycles. The molecule has 2 unspecified atom stereocenters. The second-order valence-electron chi connectivity index (χ2n) is 3.70. The van der Waals surface area contributed by atoms with E-state index in [2.05, 4.69) is 0 Å². The number of halogens is 4. The Hall–Kier alpha value is -0.830. The number of ether oxygens (including phenoxy) is 1. The third-order valence-electron chi connectivity index (χ3n) is 2.33. The summed E-state index contributed by atoms with van der Waals surface area (Å²) in [4.78, 5) is 0. The highest BCUT2D eigenvalue weighted by Crippen LogP contribution is 2.32. The van der Waals surface area contributed by atoms with Gasteiger partial charge in [-0.2, -0.15) is 8.78 Å². The van der Waals surface area contributed by atoms with Crippen molar-refractivity contribution in [1.82, 2.24) is 0 Å². The predicted octanol–water partition coefficient (Wildman–Crippen LogP) is 4.92. The van der Waals surface area contributed by atoms with E-state index in [1.54, 1.807) is 0 Å². The van der Waals surface area contributed by atoms with E-state index in [0.717, 1.165) is 12.1 Å². The molecule has 2 atom stereocenters. The number of alkyl halides is 2. The Kier molecular flexibility index (Phi) is 7.35. The van der Waals surface area contributed by atoms with Gasteiger partial charge in [0.1, 0.15) is 17.4 Å². The van der Waals surface area contributed by atoms with Crippen LogP contribution in [0.2, 0.25) is 0 Å². The molecule has 1 nitrogen and oxygen atoms in total. The first kappa shape index (κ1) is 18.2. The molecular weight excluding hydrogens is 279 g/mol. The second kappa shape index (κ2) is 7.68. The molecule has 0 radical (unpaired) electrons. The highest BCUT2D eigenvalue weighted by atomic mass is 31.0. The van der Waals surface area contributed by atoms with E-state index >= 15 is 0 Å². The first-order valence-electron chi connectivity index (χ1n) is 6.04. The van der Waals surface area contributed by atoms with Crippen LogP contribution in [0, 0.1) is 18.6 Å².